The van der Waals surface area contributed by atoms with Crippen molar-refractivity contribution in [2.45, 2.75) is 20.1 Å². The highest BCUT2D eigenvalue weighted by Gasteiger charge is 2.24. The van der Waals surface area contributed by atoms with Crippen LogP contribution in [0.1, 0.15) is 23.0 Å². The van der Waals surface area contributed by atoms with Crippen LogP contribution in [0, 0.1) is 5.82 Å². The Hall–Kier alpha value is -2.85. The number of furan rings is 1. The zero-order chi connectivity index (χ0) is 22.7. The molecule has 0 atom stereocenters. The van der Waals surface area contributed by atoms with Crippen molar-refractivity contribution in [1.82, 2.24) is 9.78 Å². The second-order valence-corrected chi connectivity index (χ2v) is 6.83. The molecule has 2 heterocycles. The lowest BCUT2D eigenvalue weighted by atomic mass is 10.1. The van der Waals surface area contributed by atoms with Gasteiger partial charge in [0.05, 0.1) is 17.2 Å². The van der Waals surface area contributed by atoms with Crippen molar-refractivity contribution >= 4 is 29.2 Å². The number of alkyl halides is 2. The van der Waals surface area contributed by atoms with Crippen molar-refractivity contribution in [3.8, 4) is 22.9 Å². The average Bonchev–Trinajstić information content (AvgIpc) is 3.28. The number of esters is 1. The number of carbonyl (C=O) groups excluding carboxylic acids is 1. The molecule has 2 aromatic heterocycles. The summed E-state index contributed by atoms with van der Waals surface area (Å²) in [5.74, 6) is -1.45. The number of aromatic nitrogens is 2. The second kappa shape index (κ2) is 9.52. The molecule has 0 bridgehead atoms. The smallest absolute Gasteiger partial charge is 0.388 e. The molecule has 0 aliphatic rings. The molecule has 31 heavy (non-hydrogen) atoms. The van der Waals surface area contributed by atoms with Gasteiger partial charge in [-0.1, -0.05) is 23.2 Å². The van der Waals surface area contributed by atoms with E-state index in [2.05, 4.69) is 9.84 Å². The van der Waals surface area contributed by atoms with Gasteiger partial charge < -0.3 is 18.6 Å². The van der Waals surface area contributed by atoms with E-state index in [-0.39, 0.29) is 51.6 Å². The van der Waals surface area contributed by atoms with E-state index in [4.69, 9.17) is 37.1 Å². The third kappa shape index (κ3) is 5.08. The van der Waals surface area contributed by atoms with Gasteiger partial charge in [-0.05, 0) is 25.1 Å². The van der Waals surface area contributed by atoms with Crippen molar-refractivity contribution in [3.63, 3.8) is 0 Å². The summed E-state index contributed by atoms with van der Waals surface area (Å²) >= 11 is 12.1. The molecule has 0 saturated carbocycles. The number of halogens is 5. The van der Waals surface area contributed by atoms with E-state index in [0.717, 1.165) is 10.7 Å². The van der Waals surface area contributed by atoms with Crippen LogP contribution in [0.3, 0.4) is 0 Å². The van der Waals surface area contributed by atoms with Gasteiger partial charge in [-0.15, -0.1) is 0 Å². The first-order valence-electron chi connectivity index (χ1n) is 8.75. The third-order valence-electron chi connectivity index (χ3n) is 3.95. The van der Waals surface area contributed by atoms with Gasteiger partial charge in [-0.25, -0.2) is 13.9 Å². The number of aryl methyl sites for hydroxylation is 1. The Balaban J connectivity index is 1.85. The summed E-state index contributed by atoms with van der Waals surface area (Å²) in [5.41, 5.74) is -0.0737. The predicted molar refractivity (Wildman–Crippen MR) is 104 cm³/mol. The van der Waals surface area contributed by atoms with Crippen LogP contribution in [0.25, 0.3) is 11.3 Å². The number of hydrogen-bond donors (Lipinski definition) is 0. The molecule has 0 fully saturated rings. The molecule has 7 nitrogen and oxygen atoms in total. The van der Waals surface area contributed by atoms with Gasteiger partial charge in [0.25, 0.3) is 0 Å². The van der Waals surface area contributed by atoms with Crippen molar-refractivity contribution < 1.29 is 36.6 Å². The van der Waals surface area contributed by atoms with Crippen LogP contribution in [0.2, 0.25) is 10.0 Å². The maximum atomic E-state index is 14.5. The molecule has 0 aliphatic heterocycles. The molecule has 166 valence electrons. The van der Waals surface area contributed by atoms with Gasteiger partial charge in [0, 0.05) is 12.6 Å². The lowest BCUT2D eigenvalue weighted by Crippen LogP contribution is -2.06. The molecule has 0 saturated heterocycles. The predicted octanol–water partition coefficient (Wildman–Crippen LogP) is 5.48. The molecule has 0 unspecified atom stereocenters. The molecule has 0 spiro atoms. The van der Waals surface area contributed by atoms with E-state index in [1.807, 2.05) is 0 Å². The standard InChI is InChI=1S/C19H15Cl2F3N2O5/c1-3-28-18(27)9-4-10(29-7-9)8-30-14-5-11(13(22)6-12(14)20)16-15(21)17(26(2)25-16)31-19(23)24/h4-7,19H,3,8H2,1-2H3. The highest BCUT2D eigenvalue weighted by Crippen LogP contribution is 2.40. The summed E-state index contributed by atoms with van der Waals surface area (Å²) in [5, 5.41) is 3.58. The maximum absolute atomic E-state index is 14.5. The van der Waals surface area contributed by atoms with Gasteiger partial charge >= 0.3 is 12.6 Å². The highest BCUT2D eigenvalue weighted by atomic mass is 35.5. The normalized spacial score (nSPS) is 11.1. The fourth-order valence-electron chi connectivity index (χ4n) is 2.62. The van der Waals surface area contributed by atoms with Crippen LogP contribution in [-0.4, -0.2) is 29.0 Å². The Labute approximate surface area is 184 Å². The molecule has 0 amide bonds. The van der Waals surface area contributed by atoms with E-state index in [0.29, 0.717) is 0 Å². The number of benzene rings is 1. The monoisotopic (exact) mass is 478 g/mol. The first kappa shape index (κ1) is 22.8. The largest absolute Gasteiger partial charge is 0.484 e. The Morgan fingerprint density at radius 2 is 2.03 bits per heavy atom. The van der Waals surface area contributed by atoms with E-state index in [1.165, 1.54) is 25.4 Å². The first-order valence-corrected chi connectivity index (χ1v) is 9.50. The summed E-state index contributed by atoms with van der Waals surface area (Å²) in [6, 6.07) is 3.62. The second-order valence-electron chi connectivity index (χ2n) is 6.04. The molecular weight excluding hydrogens is 464 g/mol. The molecule has 0 aliphatic carbocycles. The number of hydrogen-bond acceptors (Lipinski definition) is 6. The lowest BCUT2D eigenvalue weighted by molar-refractivity contribution is -0.0552. The highest BCUT2D eigenvalue weighted by molar-refractivity contribution is 6.34. The average molecular weight is 479 g/mol. The molecule has 3 aromatic rings. The van der Waals surface area contributed by atoms with Crippen LogP contribution in [0.5, 0.6) is 11.6 Å². The van der Waals surface area contributed by atoms with Crippen molar-refractivity contribution in [2.24, 2.45) is 7.05 Å². The molecule has 3 rings (SSSR count). The minimum absolute atomic E-state index is 0.0465. The van der Waals surface area contributed by atoms with Crippen LogP contribution >= 0.6 is 23.2 Å². The summed E-state index contributed by atoms with van der Waals surface area (Å²) in [6.45, 7) is -1.39. The summed E-state index contributed by atoms with van der Waals surface area (Å²) in [4.78, 5) is 11.7. The number of ether oxygens (including phenoxy) is 3. The zero-order valence-corrected chi connectivity index (χ0v) is 17.6. The van der Waals surface area contributed by atoms with E-state index < -0.39 is 24.3 Å². The van der Waals surface area contributed by atoms with Gasteiger partial charge in [-0.2, -0.15) is 13.9 Å². The maximum Gasteiger partial charge on any atom is 0.388 e. The SMILES string of the molecule is CCOC(=O)c1coc(COc2cc(-c3nn(C)c(OC(F)F)c3Cl)c(F)cc2Cl)c1. The minimum Gasteiger partial charge on any atom is -0.484 e. The summed E-state index contributed by atoms with van der Waals surface area (Å²) < 4.78 is 60.6. The number of nitrogens with zero attached hydrogens (tertiary/aromatic N) is 2. The topological polar surface area (TPSA) is 75.7 Å². The van der Waals surface area contributed by atoms with Gasteiger partial charge in [0.2, 0.25) is 5.88 Å². The zero-order valence-electron chi connectivity index (χ0n) is 16.1. The quantitative estimate of drug-likeness (QED) is 0.398. The van der Waals surface area contributed by atoms with Crippen LogP contribution in [0.4, 0.5) is 13.2 Å². The lowest BCUT2D eigenvalue weighted by Gasteiger charge is -2.09. The number of carbonyl (C=O) groups is 1. The molecular formula is C19H15Cl2F3N2O5. The van der Waals surface area contributed by atoms with E-state index in [1.54, 1.807) is 6.92 Å². The van der Waals surface area contributed by atoms with Gasteiger partial charge in [0.1, 0.15) is 40.9 Å². The fraction of sp³-hybridized carbons (Fsp3) is 0.263. The van der Waals surface area contributed by atoms with Crippen LogP contribution in [0.15, 0.2) is 28.9 Å². The molecule has 0 N–H and O–H groups in total. The van der Waals surface area contributed by atoms with Gasteiger partial charge in [-0.3, -0.25) is 0 Å². The Kier molecular flexibility index (Phi) is 7.01. The Bertz CT molecular complexity index is 1100. The number of rotatable bonds is 8. The molecule has 1 aromatic carbocycles. The van der Waals surface area contributed by atoms with E-state index >= 15 is 0 Å². The third-order valence-corrected chi connectivity index (χ3v) is 4.59. The van der Waals surface area contributed by atoms with Crippen molar-refractivity contribution in [3.05, 3.63) is 51.6 Å². The summed E-state index contributed by atoms with van der Waals surface area (Å²) in [7, 11) is 1.32. The summed E-state index contributed by atoms with van der Waals surface area (Å²) in [6.07, 6.45) is 1.21. The van der Waals surface area contributed by atoms with Crippen LogP contribution < -0.4 is 9.47 Å². The Morgan fingerprint density at radius 3 is 2.71 bits per heavy atom. The minimum atomic E-state index is -3.14. The van der Waals surface area contributed by atoms with Crippen LogP contribution in [-0.2, 0) is 18.4 Å². The molecule has 0 radical (unpaired) electrons. The molecule has 12 heteroatoms. The van der Waals surface area contributed by atoms with Gasteiger partial charge in [0.15, 0.2) is 0 Å². The first-order chi connectivity index (χ1) is 14.7. The fourth-order valence-corrected chi connectivity index (χ4v) is 3.13. The van der Waals surface area contributed by atoms with Crippen molar-refractivity contribution in [1.29, 1.82) is 0 Å². The Morgan fingerprint density at radius 1 is 1.29 bits per heavy atom. The van der Waals surface area contributed by atoms with Crippen molar-refractivity contribution in [2.75, 3.05) is 6.61 Å². The van der Waals surface area contributed by atoms with E-state index in [9.17, 15) is 18.0 Å².